The summed E-state index contributed by atoms with van der Waals surface area (Å²) in [6.07, 6.45) is 0. The van der Waals surface area contributed by atoms with Crippen molar-refractivity contribution in [3.8, 4) is 73.6 Å². The van der Waals surface area contributed by atoms with Crippen molar-refractivity contribution in [2.45, 2.75) is 16.7 Å². The molecule has 1 atom stereocenters. The average Bonchev–Trinajstić information content (AvgIpc) is 2.86. The Balaban J connectivity index is 0.00000213. The summed E-state index contributed by atoms with van der Waals surface area (Å²) >= 11 is 0. The molecule has 0 aromatic heterocycles. The molecule has 0 saturated heterocycles. The van der Waals surface area contributed by atoms with Crippen molar-refractivity contribution in [1.82, 2.24) is 0 Å². The first kappa shape index (κ1) is 59.4. The van der Waals surface area contributed by atoms with Crippen LogP contribution in [-0.4, -0.2) is 45.7 Å². The van der Waals surface area contributed by atoms with E-state index in [0.29, 0.717) is 28.0 Å². The number of rotatable bonds is 15. The highest BCUT2D eigenvalue weighted by atomic mass is 32.2. The van der Waals surface area contributed by atoms with E-state index in [9.17, 15) is 25.9 Å². The van der Waals surface area contributed by atoms with E-state index < -0.39 is 128 Å². The molecular formula is C56H35F8O14PS3. The molecule has 0 bridgehead atoms. The zero-order valence-electron chi connectivity index (χ0n) is 41.6. The monoisotopic (exact) mass is 1210 g/mol. The lowest BCUT2D eigenvalue weighted by Gasteiger charge is -2.22. The molecule has 0 heterocycles. The van der Waals surface area contributed by atoms with Crippen LogP contribution in [-0.2, 0) is 35.4 Å². The van der Waals surface area contributed by atoms with Crippen LogP contribution >= 0.6 is 7.14 Å². The first-order valence-corrected chi connectivity index (χ1v) is 28.6. The number of ether oxygens (including phenoxy) is 4. The largest absolute Gasteiger partial charge is 0.497 e. The van der Waals surface area contributed by atoms with Crippen molar-refractivity contribution in [2.24, 2.45) is 0 Å². The van der Waals surface area contributed by atoms with Gasteiger partial charge in [-0.3, -0.25) is 9.11 Å². The van der Waals surface area contributed by atoms with Crippen molar-refractivity contribution < 1.29 is 97.2 Å². The van der Waals surface area contributed by atoms with Gasteiger partial charge in [-0.15, -0.1) is 12.6 Å². The highest BCUT2D eigenvalue weighted by Crippen LogP contribution is 2.46. The fourth-order valence-corrected chi connectivity index (χ4v) is 12.2. The maximum absolute atomic E-state index is 15.6. The third kappa shape index (κ3) is 12.4. The standard InChI is InChI=1S/C56H35F8O11PS2.O3S/c1-30-6-24-39(25-7-30)76(65,40-4-3-5-42(28-40)77(66,67)68)41-26-27-43(44(29-41)78(69,70)71)73-36-18-10-32(11-19-36)34-14-22-38(23-15-34)75-56-53(63)49(59)46(50(60)54(56)64)45-47(57)51(61)55(52(62)48(45)58)74-37-20-12-33(13-21-37)31-8-16-35(72-2)17-9-31;1-4(2)3/h3-29H,1-2H3,(H,66,67,68)(H,69,70,71);. The summed E-state index contributed by atoms with van der Waals surface area (Å²) in [5, 5.41) is -0.0891. The predicted octanol–water partition coefficient (Wildman–Crippen LogP) is 12.6. The highest BCUT2D eigenvalue weighted by molar-refractivity contribution is 7.87. The summed E-state index contributed by atoms with van der Waals surface area (Å²) in [5.74, 6) is -23.0. The number of benzene rings is 9. The van der Waals surface area contributed by atoms with E-state index in [1.54, 1.807) is 43.3 Å². The molecule has 9 rings (SSSR count). The lowest BCUT2D eigenvalue weighted by Crippen LogP contribution is -2.26. The average molecular weight is 1210 g/mol. The topological polar surface area (TPSA) is 214 Å². The number of aryl methyl sites for hydroxylation is 1. The molecule has 1 unspecified atom stereocenters. The first-order valence-electron chi connectivity index (χ1n) is 23.1. The molecule has 422 valence electrons. The first-order chi connectivity index (χ1) is 38.7. The van der Waals surface area contributed by atoms with Crippen LogP contribution in [0.5, 0.6) is 40.2 Å². The third-order valence-corrected chi connectivity index (χ3v) is 16.9. The molecule has 0 fully saturated rings. The van der Waals surface area contributed by atoms with Gasteiger partial charge in [0.2, 0.25) is 34.8 Å². The van der Waals surface area contributed by atoms with Crippen molar-refractivity contribution in [3.63, 3.8) is 0 Å². The Morgan fingerprint density at radius 1 is 0.427 bits per heavy atom. The molecular weight excluding hydrogens is 1180 g/mol. The van der Waals surface area contributed by atoms with Gasteiger partial charge in [-0.05, 0) is 108 Å². The summed E-state index contributed by atoms with van der Waals surface area (Å²) in [7, 11) is -15.7. The van der Waals surface area contributed by atoms with E-state index >= 15 is 39.7 Å². The van der Waals surface area contributed by atoms with Gasteiger partial charge in [0.1, 0.15) is 33.6 Å². The molecule has 0 aliphatic carbocycles. The van der Waals surface area contributed by atoms with Gasteiger partial charge >= 0.3 is 10.6 Å². The molecule has 0 aliphatic rings. The molecule has 14 nitrogen and oxygen atoms in total. The van der Waals surface area contributed by atoms with E-state index in [4.69, 9.17) is 31.6 Å². The van der Waals surface area contributed by atoms with Crippen molar-refractivity contribution in [1.29, 1.82) is 0 Å². The van der Waals surface area contributed by atoms with Crippen LogP contribution in [0.1, 0.15) is 5.56 Å². The van der Waals surface area contributed by atoms with Crippen molar-refractivity contribution >= 4 is 53.9 Å². The molecule has 0 radical (unpaired) electrons. The van der Waals surface area contributed by atoms with Crippen LogP contribution in [0.15, 0.2) is 174 Å². The fourth-order valence-electron chi connectivity index (χ4n) is 8.15. The summed E-state index contributed by atoms with van der Waals surface area (Å²) in [4.78, 5) is -1.39. The van der Waals surface area contributed by atoms with Crippen LogP contribution in [0.4, 0.5) is 35.1 Å². The minimum atomic E-state index is -5.11. The lowest BCUT2D eigenvalue weighted by atomic mass is 10.0. The van der Waals surface area contributed by atoms with Crippen molar-refractivity contribution in [2.75, 3.05) is 7.11 Å². The molecule has 9 aromatic carbocycles. The van der Waals surface area contributed by atoms with Gasteiger partial charge in [0.25, 0.3) is 20.2 Å². The zero-order chi connectivity index (χ0) is 59.6. The molecule has 0 saturated carbocycles. The van der Waals surface area contributed by atoms with E-state index in [0.717, 1.165) is 42.0 Å². The van der Waals surface area contributed by atoms with Gasteiger partial charge in [0.15, 0.2) is 30.4 Å². The van der Waals surface area contributed by atoms with Gasteiger partial charge in [0.05, 0.1) is 23.1 Å². The molecule has 0 amide bonds. The van der Waals surface area contributed by atoms with E-state index in [-0.39, 0.29) is 27.4 Å². The summed E-state index contributed by atoms with van der Waals surface area (Å²) in [5.41, 5.74) is -1.34. The van der Waals surface area contributed by atoms with Crippen LogP contribution < -0.4 is 34.9 Å². The normalized spacial score (nSPS) is 12.1. The Bertz CT molecular complexity index is 4290. The molecule has 2 N–H and O–H groups in total. The minimum absolute atomic E-state index is 0.0132. The second-order valence-electron chi connectivity index (χ2n) is 17.3. The quantitative estimate of drug-likeness (QED) is 0.0423. The second-order valence-corrected chi connectivity index (χ2v) is 23.2. The number of hydrogen-bond donors (Lipinski definition) is 2. The van der Waals surface area contributed by atoms with Crippen LogP contribution in [0.3, 0.4) is 0 Å². The molecule has 0 aliphatic heterocycles. The smallest absolute Gasteiger partial charge is 0.425 e. The number of methoxy groups -OCH3 is 1. The van der Waals surface area contributed by atoms with Gasteiger partial charge < -0.3 is 23.5 Å². The maximum atomic E-state index is 15.6. The summed E-state index contributed by atoms with van der Waals surface area (Å²) < 4.78 is 256. The third-order valence-electron chi connectivity index (χ3n) is 12.1. The number of hydrogen-bond acceptors (Lipinski definition) is 12. The van der Waals surface area contributed by atoms with E-state index in [1.165, 1.54) is 98.1 Å². The Hall–Kier alpha value is -8.71. The number of halogens is 8. The van der Waals surface area contributed by atoms with Gasteiger partial charge in [-0.1, -0.05) is 90.5 Å². The maximum Gasteiger partial charge on any atom is 0.425 e. The Morgan fingerprint density at radius 2 is 0.780 bits per heavy atom. The van der Waals surface area contributed by atoms with Crippen LogP contribution in [0, 0.1) is 53.5 Å². The highest BCUT2D eigenvalue weighted by Gasteiger charge is 2.37. The lowest BCUT2D eigenvalue weighted by molar-refractivity contribution is 0.360. The van der Waals surface area contributed by atoms with Gasteiger partial charge in [0, 0.05) is 15.9 Å². The minimum Gasteiger partial charge on any atom is -0.497 e. The summed E-state index contributed by atoms with van der Waals surface area (Å²) in [6.45, 7) is 1.76. The fraction of sp³-hybridized carbons (Fsp3) is 0.0357. The molecule has 0 spiro atoms. The predicted molar refractivity (Wildman–Crippen MR) is 282 cm³/mol. The Labute approximate surface area is 462 Å². The van der Waals surface area contributed by atoms with Gasteiger partial charge in [-0.25, -0.2) is 17.6 Å². The molecule has 26 heteroatoms. The Kier molecular flexibility index (Phi) is 17.2. The molecule has 9 aromatic rings. The summed E-state index contributed by atoms with van der Waals surface area (Å²) in [6, 6.07) is 37.0. The second kappa shape index (κ2) is 23.8. The van der Waals surface area contributed by atoms with Crippen LogP contribution in [0.25, 0.3) is 33.4 Å². The van der Waals surface area contributed by atoms with Gasteiger partial charge in [-0.2, -0.15) is 34.4 Å². The SMILES string of the molecule is COc1ccc(-c2ccc(Oc3c(F)c(F)c(-c4c(F)c(F)c(Oc5ccc(-c6ccc(Oc7ccc(P(=O)(c8ccc(C)cc8)c8cccc(S(=O)(=O)O)c8)cc7S(=O)(=O)O)cc6)cc5)c(F)c4F)c(F)c3F)cc2)cc1.O=S(=O)=O. The Morgan fingerprint density at radius 3 is 1.15 bits per heavy atom. The van der Waals surface area contributed by atoms with E-state index in [2.05, 4.69) is 0 Å². The van der Waals surface area contributed by atoms with E-state index in [1.807, 2.05) is 0 Å². The van der Waals surface area contributed by atoms with Crippen molar-refractivity contribution in [3.05, 3.63) is 216 Å². The van der Waals surface area contributed by atoms with Crippen LogP contribution in [0.2, 0.25) is 0 Å². The molecule has 82 heavy (non-hydrogen) atoms. The zero-order valence-corrected chi connectivity index (χ0v) is 44.9.